The van der Waals surface area contributed by atoms with Gasteiger partial charge in [0.15, 0.2) is 0 Å². The van der Waals surface area contributed by atoms with Crippen molar-refractivity contribution in [1.29, 1.82) is 0 Å². The number of amides is 1. The quantitative estimate of drug-likeness (QED) is 0.888. The Morgan fingerprint density at radius 1 is 1.19 bits per heavy atom. The summed E-state index contributed by atoms with van der Waals surface area (Å²) in [6, 6.07) is 3.39. The predicted molar refractivity (Wildman–Crippen MR) is 77.4 cm³/mol. The summed E-state index contributed by atoms with van der Waals surface area (Å²) in [6.45, 7) is 7.67. The molecule has 2 N–H and O–H groups in total. The van der Waals surface area contributed by atoms with Crippen molar-refractivity contribution in [3.63, 3.8) is 0 Å². The molecule has 0 bridgehead atoms. The first-order valence-electron chi connectivity index (χ1n) is 6.67. The molecule has 6 heteroatoms. The molecule has 0 saturated carbocycles. The minimum Gasteiger partial charge on any atom is -0.387 e. The Morgan fingerprint density at radius 2 is 1.76 bits per heavy atom. The average molecular weight is 302 g/mol. The smallest absolute Gasteiger partial charge is 0.387 e. The van der Waals surface area contributed by atoms with E-state index in [-0.39, 0.29) is 22.7 Å². The summed E-state index contributed by atoms with van der Waals surface area (Å²) in [5.41, 5.74) is -1.25. The highest BCUT2D eigenvalue weighted by Gasteiger charge is 2.35. The van der Waals surface area contributed by atoms with Crippen LogP contribution in [0.15, 0.2) is 18.2 Å². The van der Waals surface area contributed by atoms with Crippen LogP contribution < -0.4 is 10.6 Å². The Morgan fingerprint density at radius 3 is 2.19 bits per heavy atom. The molecule has 0 heterocycles. The van der Waals surface area contributed by atoms with Crippen LogP contribution in [0.3, 0.4) is 0 Å². The molecule has 1 rings (SSSR count). The van der Waals surface area contributed by atoms with Crippen LogP contribution in [0.2, 0.25) is 0 Å². The number of para-hydroxylation sites is 1. The Hall–Kier alpha value is -1.72. The lowest BCUT2D eigenvalue weighted by molar-refractivity contribution is -0.136. The Balaban J connectivity index is 3.17. The molecule has 1 unspecified atom stereocenters. The molecular formula is C15H21F3N2O. The molecule has 1 aromatic rings. The molecule has 0 saturated heterocycles. The third kappa shape index (κ3) is 4.12. The van der Waals surface area contributed by atoms with E-state index in [1.165, 1.54) is 19.2 Å². The predicted octanol–water partition coefficient (Wildman–Crippen LogP) is 3.91. The molecular weight excluding hydrogens is 281 g/mol. The van der Waals surface area contributed by atoms with Gasteiger partial charge in [-0.05, 0) is 24.5 Å². The zero-order valence-corrected chi connectivity index (χ0v) is 12.9. The number of anilines is 1. The van der Waals surface area contributed by atoms with Crippen LogP contribution in [0.5, 0.6) is 0 Å². The van der Waals surface area contributed by atoms with Crippen LogP contribution in [-0.4, -0.2) is 19.0 Å². The van der Waals surface area contributed by atoms with E-state index in [4.69, 9.17) is 0 Å². The van der Waals surface area contributed by atoms with E-state index in [2.05, 4.69) is 10.6 Å². The molecule has 0 aromatic heterocycles. The van der Waals surface area contributed by atoms with E-state index >= 15 is 0 Å². The molecule has 1 aromatic carbocycles. The normalized spacial score (nSPS) is 13.7. The van der Waals surface area contributed by atoms with Gasteiger partial charge in [0.1, 0.15) is 0 Å². The van der Waals surface area contributed by atoms with Gasteiger partial charge in [0, 0.05) is 13.1 Å². The maximum Gasteiger partial charge on any atom is 0.418 e. The summed E-state index contributed by atoms with van der Waals surface area (Å²) in [5.74, 6) is -0.520. The fourth-order valence-electron chi connectivity index (χ4n) is 1.74. The van der Waals surface area contributed by atoms with Crippen LogP contribution >= 0.6 is 0 Å². The van der Waals surface area contributed by atoms with Gasteiger partial charge in [-0.2, -0.15) is 13.2 Å². The summed E-state index contributed by atoms with van der Waals surface area (Å²) >= 11 is 0. The highest BCUT2D eigenvalue weighted by Crippen LogP contribution is 2.36. The van der Waals surface area contributed by atoms with Crippen molar-refractivity contribution in [1.82, 2.24) is 5.32 Å². The van der Waals surface area contributed by atoms with Gasteiger partial charge in [-0.3, -0.25) is 4.79 Å². The molecule has 1 amide bonds. The largest absolute Gasteiger partial charge is 0.418 e. The van der Waals surface area contributed by atoms with Crippen LogP contribution in [0.4, 0.5) is 18.9 Å². The number of benzene rings is 1. The highest BCUT2D eigenvalue weighted by atomic mass is 19.4. The van der Waals surface area contributed by atoms with Crippen LogP contribution in [-0.2, 0) is 6.18 Å². The van der Waals surface area contributed by atoms with Crippen LogP contribution in [0, 0.1) is 5.41 Å². The third-order valence-electron chi connectivity index (χ3n) is 3.51. The first kappa shape index (κ1) is 17.3. The second-order valence-corrected chi connectivity index (χ2v) is 6.04. The lowest BCUT2D eigenvalue weighted by Crippen LogP contribution is -2.41. The Bertz CT molecular complexity index is 519. The van der Waals surface area contributed by atoms with Crippen LogP contribution in [0.1, 0.15) is 43.6 Å². The minimum atomic E-state index is -4.51. The molecule has 0 spiro atoms. The van der Waals surface area contributed by atoms with Gasteiger partial charge < -0.3 is 10.6 Å². The molecule has 3 nitrogen and oxygen atoms in total. The number of carbonyl (C=O) groups is 1. The molecule has 0 radical (unpaired) electrons. The lowest BCUT2D eigenvalue weighted by Gasteiger charge is -2.28. The van der Waals surface area contributed by atoms with Crippen molar-refractivity contribution in [3.05, 3.63) is 29.3 Å². The van der Waals surface area contributed by atoms with E-state index in [1.54, 1.807) is 0 Å². The molecule has 1 atom stereocenters. The SMILES string of the molecule is CNc1c(C(=O)NC(C)C(C)(C)C)cccc1C(F)(F)F. The van der Waals surface area contributed by atoms with Crippen molar-refractivity contribution in [3.8, 4) is 0 Å². The molecule has 0 aliphatic rings. The van der Waals surface area contributed by atoms with Gasteiger partial charge in [0.2, 0.25) is 0 Å². The molecule has 21 heavy (non-hydrogen) atoms. The molecule has 0 fully saturated rings. The van der Waals surface area contributed by atoms with Crippen molar-refractivity contribution < 1.29 is 18.0 Å². The van der Waals surface area contributed by atoms with Crippen molar-refractivity contribution in [2.45, 2.75) is 39.9 Å². The third-order valence-corrected chi connectivity index (χ3v) is 3.51. The highest BCUT2D eigenvalue weighted by molar-refractivity contribution is 6.00. The van der Waals surface area contributed by atoms with E-state index in [9.17, 15) is 18.0 Å². The maximum absolute atomic E-state index is 13.0. The Kier molecular flexibility index (Phi) is 4.91. The lowest BCUT2D eigenvalue weighted by atomic mass is 9.88. The maximum atomic E-state index is 13.0. The van der Waals surface area contributed by atoms with Gasteiger partial charge in [-0.1, -0.05) is 26.8 Å². The number of alkyl halides is 3. The zero-order chi connectivity index (χ0) is 16.4. The van der Waals surface area contributed by atoms with Gasteiger partial charge >= 0.3 is 6.18 Å². The number of halogens is 3. The fraction of sp³-hybridized carbons (Fsp3) is 0.533. The van der Waals surface area contributed by atoms with Crippen molar-refractivity contribution in [2.75, 3.05) is 12.4 Å². The van der Waals surface area contributed by atoms with E-state index in [0.29, 0.717) is 0 Å². The number of hydrogen-bond acceptors (Lipinski definition) is 2. The number of rotatable bonds is 3. The van der Waals surface area contributed by atoms with Crippen molar-refractivity contribution >= 4 is 11.6 Å². The number of nitrogens with one attached hydrogen (secondary N) is 2. The van der Waals surface area contributed by atoms with Gasteiger partial charge in [-0.15, -0.1) is 0 Å². The monoisotopic (exact) mass is 302 g/mol. The summed E-state index contributed by atoms with van der Waals surface area (Å²) in [5, 5.41) is 5.23. The topological polar surface area (TPSA) is 41.1 Å². The average Bonchev–Trinajstić information content (AvgIpc) is 2.35. The van der Waals surface area contributed by atoms with E-state index in [0.717, 1.165) is 6.07 Å². The summed E-state index contributed by atoms with van der Waals surface area (Å²) in [6.07, 6.45) is -4.51. The van der Waals surface area contributed by atoms with Gasteiger partial charge in [0.05, 0.1) is 16.8 Å². The molecule has 0 aliphatic carbocycles. The first-order chi connectivity index (χ1) is 9.48. The van der Waals surface area contributed by atoms with Gasteiger partial charge in [-0.25, -0.2) is 0 Å². The summed E-state index contributed by atoms with van der Waals surface area (Å²) < 4.78 is 38.9. The second-order valence-electron chi connectivity index (χ2n) is 6.04. The Labute approximate surface area is 122 Å². The van der Waals surface area contributed by atoms with Gasteiger partial charge in [0.25, 0.3) is 5.91 Å². The van der Waals surface area contributed by atoms with E-state index < -0.39 is 17.6 Å². The fourth-order valence-corrected chi connectivity index (χ4v) is 1.74. The second kappa shape index (κ2) is 5.95. The number of carbonyl (C=O) groups excluding carboxylic acids is 1. The van der Waals surface area contributed by atoms with Crippen LogP contribution in [0.25, 0.3) is 0 Å². The minimum absolute atomic E-state index is 0.0107. The standard InChI is InChI=1S/C15H21F3N2O/c1-9(14(2,3)4)20-13(21)10-7-6-8-11(12(10)19-5)15(16,17)18/h6-9,19H,1-5H3,(H,20,21). The number of hydrogen-bond donors (Lipinski definition) is 2. The van der Waals surface area contributed by atoms with Crippen molar-refractivity contribution in [2.24, 2.45) is 5.41 Å². The summed E-state index contributed by atoms with van der Waals surface area (Å²) in [7, 11) is 1.37. The first-order valence-corrected chi connectivity index (χ1v) is 6.67. The molecule has 118 valence electrons. The summed E-state index contributed by atoms with van der Waals surface area (Å²) in [4.78, 5) is 12.2. The zero-order valence-electron chi connectivity index (χ0n) is 12.9. The van der Waals surface area contributed by atoms with E-state index in [1.807, 2.05) is 27.7 Å². The molecule has 0 aliphatic heterocycles.